The number of methoxy groups -OCH3 is 1. The number of piperazine rings is 1. The summed E-state index contributed by atoms with van der Waals surface area (Å²) in [6.45, 7) is 3.47. The number of rotatable bonds is 4. The molecule has 0 aliphatic carbocycles. The molecule has 0 N–H and O–H groups in total. The van der Waals surface area contributed by atoms with Crippen molar-refractivity contribution in [1.29, 1.82) is 0 Å². The molecule has 3 aromatic rings. The summed E-state index contributed by atoms with van der Waals surface area (Å²) >= 11 is 0. The number of fused-ring (bicyclic) bond motifs is 1. The Labute approximate surface area is 165 Å². The van der Waals surface area contributed by atoms with Crippen LogP contribution >= 0.6 is 0 Å². The number of oxazole rings is 1. The Bertz CT molecular complexity index is 1100. The molecule has 1 saturated heterocycles. The molecule has 0 unspecified atom stereocenters. The van der Waals surface area contributed by atoms with Crippen LogP contribution in [0.3, 0.4) is 0 Å². The van der Waals surface area contributed by atoms with Crippen LogP contribution in [0, 0.1) is 5.95 Å². The van der Waals surface area contributed by atoms with E-state index in [2.05, 4.69) is 9.97 Å². The van der Waals surface area contributed by atoms with Crippen LogP contribution in [0.2, 0.25) is 0 Å². The van der Waals surface area contributed by atoms with Gasteiger partial charge in [-0.05, 0) is 31.2 Å². The maximum absolute atomic E-state index is 13.6. The molecule has 0 atom stereocenters. The van der Waals surface area contributed by atoms with Gasteiger partial charge in [0.15, 0.2) is 5.69 Å². The van der Waals surface area contributed by atoms with Crippen LogP contribution in [-0.4, -0.2) is 64.9 Å². The van der Waals surface area contributed by atoms with Crippen molar-refractivity contribution in [3.63, 3.8) is 0 Å². The predicted molar refractivity (Wildman–Crippen MR) is 102 cm³/mol. The van der Waals surface area contributed by atoms with Gasteiger partial charge in [0, 0.05) is 30.6 Å². The summed E-state index contributed by atoms with van der Waals surface area (Å²) in [6, 6.07) is 6.14. The van der Waals surface area contributed by atoms with E-state index < -0.39 is 5.95 Å². The van der Waals surface area contributed by atoms with Gasteiger partial charge in [-0.25, -0.2) is 9.97 Å². The number of likely N-dealkylation sites (N-methyl/N-ethyl adjacent to an activating group) is 1. The first-order valence-electron chi connectivity index (χ1n) is 9.18. The molecule has 4 rings (SSSR count). The molecule has 150 valence electrons. The normalized spacial score (nSPS) is 14.5. The van der Waals surface area contributed by atoms with Gasteiger partial charge in [0.25, 0.3) is 5.91 Å². The third-order valence-electron chi connectivity index (χ3n) is 4.95. The minimum absolute atomic E-state index is 0.0174. The quantitative estimate of drug-likeness (QED) is 0.627. The molecule has 1 aliphatic rings. The number of hydrogen-bond donors (Lipinski definition) is 0. The fourth-order valence-corrected chi connectivity index (χ4v) is 3.39. The van der Waals surface area contributed by atoms with Crippen molar-refractivity contribution in [3.8, 4) is 17.2 Å². The van der Waals surface area contributed by atoms with Crippen molar-refractivity contribution < 1.29 is 23.1 Å². The zero-order chi connectivity index (χ0) is 20.5. The number of amides is 2. The highest BCUT2D eigenvalue weighted by Gasteiger charge is 2.28. The minimum atomic E-state index is -0.632. The number of carbonyl (C=O) groups excluding carboxylic acids is 2. The molecule has 0 bridgehead atoms. The van der Waals surface area contributed by atoms with Gasteiger partial charge >= 0.3 is 0 Å². The number of hydrogen-bond acceptors (Lipinski definition) is 6. The lowest BCUT2D eigenvalue weighted by Gasteiger charge is -2.33. The van der Waals surface area contributed by atoms with Crippen LogP contribution in [0.4, 0.5) is 4.39 Å². The Hall–Kier alpha value is -3.49. The molecule has 9 heteroatoms. The van der Waals surface area contributed by atoms with Crippen LogP contribution < -0.4 is 4.74 Å². The van der Waals surface area contributed by atoms with E-state index in [1.807, 2.05) is 6.92 Å². The number of halogens is 1. The first kappa shape index (κ1) is 18.9. The average Bonchev–Trinajstić information content (AvgIpc) is 3.22. The van der Waals surface area contributed by atoms with E-state index in [9.17, 15) is 14.0 Å². The number of benzene rings is 1. The lowest BCUT2D eigenvalue weighted by Crippen LogP contribution is -2.52. The van der Waals surface area contributed by atoms with E-state index in [0.717, 1.165) is 0 Å². The fourth-order valence-electron chi connectivity index (χ4n) is 3.39. The van der Waals surface area contributed by atoms with Crippen molar-refractivity contribution in [2.24, 2.45) is 0 Å². The Morgan fingerprint density at radius 3 is 2.79 bits per heavy atom. The third-order valence-corrected chi connectivity index (χ3v) is 4.95. The van der Waals surface area contributed by atoms with Crippen LogP contribution in [0.1, 0.15) is 17.4 Å². The summed E-state index contributed by atoms with van der Waals surface area (Å²) in [6.07, 6.45) is 1.27. The van der Waals surface area contributed by atoms with Gasteiger partial charge in [-0.3, -0.25) is 9.59 Å². The molecule has 1 fully saturated rings. The maximum atomic E-state index is 13.6. The van der Waals surface area contributed by atoms with Gasteiger partial charge in [0.05, 0.1) is 7.11 Å². The predicted octanol–water partition coefficient (Wildman–Crippen LogP) is 2.34. The van der Waals surface area contributed by atoms with Gasteiger partial charge < -0.3 is 19.0 Å². The Balaban J connectivity index is 1.65. The van der Waals surface area contributed by atoms with Crippen LogP contribution in [-0.2, 0) is 4.79 Å². The molecule has 0 radical (unpaired) electrons. The maximum Gasteiger partial charge on any atom is 0.276 e. The molecular formula is C20H19FN4O4. The SMILES string of the molecule is CCN1CCN(C(=O)c2coc(-c3ccc(OC)c4nc(F)ccc34)n2)CC1=O. The third kappa shape index (κ3) is 3.39. The summed E-state index contributed by atoms with van der Waals surface area (Å²) in [4.78, 5) is 36.2. The zero-order valence-electron chi connectivity index (χ0n) is 16.0. The lowest BCUT2D eigenvalue weighted by molar-refractivity contribution is -0.134. The summed E-state index contributed by atoms with van der Waals surface area (Å²) in [5.74, 6) is -0.477. The van der Waals surface area contributed by atoms with Crippen molar-refractivity contribution in [2.75, 3.05) is 33.3 Å². The second-order valence-corrected chi connectivity index (χ2v) is 6.58. The lowest BCUT2D eigenvalue weighted by atomic mass is 10.1. The van der Waals surface area contributed by atoms with E-state index in [1.54, 1.807) is 23.1 Å². The molecule has 2 amide bonds. The van der Waals surface area contributed by atoms with E-state index in [4.69, 9.17) is 9.15 Å². The Kier molecular flexibility index (Phi) is 4.87. The van der Waals surface area contributed by atoms with Gasteiger partial charge in [-0.15, -0.1) is 0 Å². The highest BCUT2D eigenvalue weighted by Crippen LogP contribution is 2.33. The van der Waals surface area contributed by atoms with Crippen molar-refractivity contribution in [3.05, 3.63) is 42.2 Å². The fraction of sp³-hybridized carbons (Fsp3) is 0.300. The first-order chi connectivity index (χ1) is 14.0. The van der Waals surface area contributed by atoms with Gasteiger partial charge in [0.1, 0.15) is 24.1 Å². The Morgan fingerprint density at radius 1 is 1.24 bits per heavy atom. The largest absolute Gasteiger partial charge is 0.494 e. The highest BCUT2D eigenvalue weighted by molar-refractivity contribution is 5.98. The molecular weight excluding hydrogens is 379 g/mol. The van der Waals surface area contributed by atoms with Crippen LogP contribution in [0.15, 0.2) is 34.9 Å². The van der Waals surface area contributed by atoms with E-state index in [0.29, 0.717) is 41.9 Å². The van der Waals surface area contributed by atoms with Gasteiger partial charge in [0.2, 0.25) is 17.7 Å². The summed E-state index contributed by atoms with van der Waals surface area (Å²) < 4.78 is 24.4. The number of nitrogens with zero attached hydrogens (tertiary/aromatic N) is 4. The summed E-state index contributed by atoms with van der Waals surface area (Å²) in [7, 11) is 1.47. The summed E-state index contributed by atoms with van der Waals surface area (Å²) in [5.41, 5.74) is 0.994. The van der Waals surface area contributed by atoms with Crippen LogP contribution in [0.25, 0.3) is 22.4 Å². The van der Waals surface area contributed by atoms with Crippen molar-refractivity contribution in [2.45, 2.75) is 6.92 Å². The molecule has 0 spiro atoms. The van der Waals surface area contributed by atoms with E-state index >= 15 is 0 Å². The highest BCUT2D eigenvalue weighted by atomic mass is 19.1. The van der Waals surface area contributed by atoms with Crippen molar-refractivity contribution >= 4 is 22.7 Å². The Morgan fingerprint density at radius 2 is 2.07 bits per heavy atom. The summed E-state index contributed by atoms with van der Waals surface area (Å²) in [5, 5.41) is 0.582. The molecule has 1 aromatic carbocycles. The van der Waals surface area contributed by atoms with Gasteiger partial charge in [-0.1, -0.05) is 0 Å². The molecule has 3 heterocycles. The number of pyridine rings is 1. The monoisotopic (exact) mass is 398 g/mol. The van der Waals surface area contributed by atoms with E-state index in [1.165, 1.54) is 24.3 Å². The molecule has 0 saturated carbocycles. The molecule has 29 heavy (non-hydrogen) atoms. The standard InChI is InChI=1S/C20H19FN4O4/c1-3-24-8-9-25(10-17(24)26)20(27)14-11-29-19(22-14)13-4-6-15(28-2)18-12(13)5-7-16(21)23-18/h4-7,11H,3,8-10H2,1-2H3. The average molecular weight is 398 g/mol. The second-order valence-electron chi connectivity index (χ2n) is 6.58. The van der Waals surface area contributed by atoms with Crippen molar-refractivity contribution in [1.82, 2.24) is 19.8 Å². The topological polar surface area (TPSA) is 88.8 Å². The number of ether oxygens (including phenoxy) is 1. The number of carbonyl (C=O) groups is 2. The first-order valence-corrected chi connectivity index (χ1v) is 9.18. The van der Waals surface area contributed by atoms with Gasteiger partial charge in [-0.2, -0.15) is 4.39 Å². The minimum Gasteiger partial charge on any atom is -0.494 e. The number of aromatic nitrogens is 2. The van der Waals surface area contributed by atoms with Crippen LogP contribution in [0.5, 0.6) is 5.75 Å². The molecule has 1 aliphatic heterocycles. The smallest absolute Gasteiger partial charge is 0.276 e. The zero-order valence-corrected chi connectivity index (χ0v) is 16.0. The molecule has 8 nitrogen and oxygen atoms in total. The molecule has 2 aromatic heterocycles. The second kappa shape index (κ2) is 7.50. The van der Waals surface area contributed by atoms with E-state index in [-0.39, 0.29) is 29.9 Å².